The third-order valence-electron chi connectivity index (χ3n) is 5.78. The van der Waals surface area contributed by atoms with Crippen molar-refractivity contribution in [2.75, 3.05) is 18.4 Å². The highest BCUT2D eigenvalue weighted by Gasteiger charge is 2.21. The molecule has 0 saturated carbocycles. The van der Waals surface area contributed by atoms with Crippen LogP contribution in [0, 0.1) is 17.6 Å². The molecule has 1 fully saturated rings. The molecule has 1 saturated heterocycles. The minimum atomic E-state index is -0.877. The maximum Gasteiger partial charge on any atom is 0.225 e. The van der Waals surface area contributed by atoms with Gasteiger partial charge in [-0.25, -0.2) is 18.7 Å². The van der Waals surface area contributed by atoms with Crippen LogP contribution in [0.2, 0.25) is 0 Å². The van der Waals surface area contributed by atoms with E-state index in [1.807, 2.05) is 6.07 Å². The Balaban J connectivity index is 1.50. The van der Waals surface area contributed by atoms with Gasteiger partial charge in [0.05, 0.1) is 6.20 Å². The molecule has 4 heterocycles. The first kappa shape index (κ1) is 21.8. The molecule has 7 nitrogen and oxygen atoms in total. The van der Waals surface area contributed by atoms with Crippen LogP contribution in [0.5, 0.6) is 0 Å². The SMILES string of the molecule is Fc1ccc(CNc2ncc3nc(-c4ccncc4Br)n(C[C@@H]4CCCNC4)c3n2)cc1F. The zero-order chi connectivity index (χ0) is 22.8. The van der Waals surface area contributed by atoms with E-state index in [9.17, 15) is 8.78 Å². The number of nitrogens with zero attached hydrogens (tertiary/aromatic N) is 5. The number of nitrogens with one attached hydrogen (secondary N) is 2. The number of hydrogen-bond acceptors (Lipinski definition) is 6. The van der Waals surface area contributed by atoms with Crippen molar-refractivity contribution in [3.63, 3.8) is 0 Å². The number of pyridine rings is 1. The Kier molecular flexibility index (Phi) is 6.28. The maximum absolute atomic E-state index is 13.5. The zero-order valence-corrected chi connectivity index (χ0v) is 19.3. The molecular formula is C23H22BrF2N7. The Morgan fingerprint density at radius 2 is 2.06 bits per heavy atom. The number of imidazole rings is 1. The molecule has 0 bridgehead atoms. The number of fused-ring (bicyclic) bond motifs is 1. The lowest BCUT2D eigenvalue weighted by Gasteiger charge is -2.24. The molecule has 170 valence electrons. The molecule has 0 aliphatic carbocycles. The van der Waals surface area contributed by atoms with Crippen molar-refractivity contribution in [1.29, 1.82) is 0 Å². The van der Waals surface area contributed by atoms with Crippen molar-refractivity contribution in [2.45, 2.75) is 25.9 Å². The molecule has 0 amide bonds. The van der Waals surface area contributed by atoms with Crippen molar-refractivity contribution in [2.24, 2.45) is 5.92 Å². The average Bonchev–Trinajstić information content (AvgIpc) is 3.18. The average molecular weight is 514 g/mol. The molecule has 0 radical (unpaired) electrons. The summed E-state index contributed by atoms with van der Waals surface area (Å²) in [5.74, 6) is -0.0822. The summed E-state index contributed by atoms with van der Waals surface area (Å²) in [5, 5.41) is 6.58. The van der Waals surface area contributed by atoms with Crippen LogP contribution in [0.3, 0.4) is 0 Å². The van der Waals surface area contributed by atoms with Crippen LogP contribution in [0.4, 0.5) is 14.7 Å². The number of aromatic nitrogens is 5. The first-order valence-electron chi connectivity index (χ1n) is 10.8. The molecule has 0 unspecified atom stereocenters. The van der Waals surface area contributed by atoms with E-state index in [0.29, 0.717) is 22.9 Å². The van der Waals surface area contributed by atoms with Gasteiger partial charge in [0.15, 0.2) is 17.3 Å². The lowest BCUT2D eigenvalue weighted by atomic mass is 9.99. The van der Waals surface area contributed by atoms with Gasteiger partial charge in [-0.1, -0.05) is 6.07 Å². The van der Waals surface area contributed by atoms with E-state index >= 15 is 0 Å². The van der Waals surface area contributed by atoms with Crippen LogP contribution < -0.4 is 10.6 Å². The van der Waals surface area contributed by atoms with Gasteiger partial charge in [-0.15, -0.1) is 0 Å². The summed E-state index contributed by atoms with van der Waals surface area (Å²) in [7, 11) is 0. The third-order valence-corrected chi connectivity index (χ3v) is 6.41. The first-order chi connectivity index (χ1) is 16.1. The standard InChI is InChI=1S/C23H22BrF2N7/c24-17-11-28-7-5-16(17)21-31-20-12-30-23(29-10-14-3-4-18(25)19(26)8-14)32-22(20)33(21)13-15-2-1-6-27-9-15/h3-5,7-8,11-12,15,27H,1-2,6,9-10,13H2,(H,29,30,32)/t15-/m1/s1. The topological polar surface area (TPSA) is 80.5 Å². The van der Waals surface area contributed by atoms with E-state index in [4.69, 9.17) is 9.97 Å². The summed E-state index contributed by atoms with van der Waals surface area (Å²) in [6, 6.07) is 5.74. The Bertz CT molecular complexity index is 1290. The van der Waals surface area contributed by atoms with E-state index in [2.05, 4.69) is 41.1 Å². The monoisotopic (exact) mass is 513 g/mol. The summed E-state index contributed by atoms with van der Waals surface area (Å²) < 4.78 is 29.7. The summed E-state index contributed by atoms with van der Waals surface area (Å²) >= 11 is 3.59. The van der Waals surface area contributed by atoms with Gasteiger partial charge in [0, 0.05) is 35.5 Å². The first-order valence-corrected chi connectivity index (χ1v) is 11.6. The molecule has 1 aromatic carbocycles. The van der Waals surface area contributed by atoms with Crippen LogP contribution in [0.25, 0.3) is 22.6 Å². The van der Waals surface area contributed by atoms with Crippen molar-refractivity contribution in [3.8, 4) is 11.4 Å². The third kappa shape index (κ3) is 4.72. The van der Waals surface area contributed by atoms with E-state index in [0.717, 1.165) is 60.1 Å². The van der Waals surface area contributed by atoms with Crippen molar-refractivity contribution in [1.82, 2.24) is 29.8 Å². The number of hydrogen-bond donors (Lipinski definition) is 2. The van der Waals surface area contributed by atoms with E-state index < -0.39 is 11.6 Å². The predicted molar refractivity (Wildman–Crippen MR) is 126 cm³/mol. The maximum atomic E-state index is 13.5. The molecule has 1 aliphatic rings. The lowest BCUT2D eigenvalue weighted by molar-refractivity contribution is 0.341. The fraction of sp³-hybridized carbons (Fsp3) is 0.304. The van der Waals surface area contributed by atoms with Crippen LogP contribution in [-0.4, -0.2) is 37.6 Å². The van der Waals surface area contributed by atoms with Crippen LogP contribution in [-0.2, 0) is 13.1 Å². The minimum Gasteiger partial charge on any atom is -0.350 e. The number of benzene rings is 1. The normalized spacial score (nSPS) is 16.3. The highest BCUT2D eigenvalue weighted by atomic mass is 79.9. The number of anilines is 1. The Labute approximate surface area is 197 Å². The van der Waals surface area contributed by atoms with Crippen molar-refractivity contribution >= 4 is 33.0 Å². The number of rotatable bonds is 6. The number of piperidine rings is 1. The van der Waals surface area contributed by atoms with E-state index in [1.54, 1.807) is 18.6 Å². The van der Waals surface area contributed by atoms with Gasteiger partial charge >= 0.3 is 0 Å². The van der Waals surface area contributed by atoms with Crippen LogP contribution in [0.1, 0.15) is 18.4 Å². The second-order valence-electron chi connectivity index (χ2n) is 8.12. The van der Waals surface area contributed by atoms with Gasteiger partial charge in [-0.3, -0.25) is 4.98 Å². The summed E-state index contributed by atoms with van der Waals surface area (Å²) in [4.78, 5) is 18.1. The molecule has 10 heteroatoms. The van der Waals surface area contributed by atoms with E-state index in [-0.39, 0.29) is 6.54 Å². The molecule has 4 aromatic rings. The molecule has 0 spiro atoms. The van der Waals surface area contributed by atoms with Gasteiger partial charge in [-0.05, 0) is 71.5 Å². The van der Waals surface area contributed by atoms with Crippen molar-refractivity contribution < 1.29 is 8.78 Å². The summed E-state index contributed by atoms with van der Waals surface area (Å²) in [6.45, 7) is 3.03. The van der Waals surface area contributed by atoms with E-state index in [1.165, 1.54) is 12.1 Å². The van der Waals surface area contributed by atoms with Gasteiger partial charge < -0.3 is 15.2 Å². The molecule has 5 rings (SSSR count). The quantitative estimate of drug-likeness (QED) is 0.394. The summed E-state index contributed by atoms with van der Waals surface area (Å²) in [6.07, 6.45) is 7.45. The summed E-state index contributed by atoms with van der Waals surface area (Å²) in [5.41, 5.74) is 2.95. The zero-order valence-electron chi connectivity index (χ0n) is 17.7. The minimum absolute atomic E-state index is 0.270. The predicted octanol–water partition coefficient (Wildman–Crippen LogP) is 4.54. The number of halogens is 3. The fourth-order valence-corrected chi connectivity index (χ4v) is 4.54. The fourth-order valence-electron chi connectivity index (χ4n) is 4.11. The largest absolute Gasteiger partial charge is 0.350 e. The van der Waals surface area contributed by atoms with Crippen LogP contribution in [0.15, 0.2) is 47.3 Å². The molecule has 2 N–H and O–H groups in total. The molecule has 33 heavy (non-hydrogen) atoms. The Morgan fingerprint density at radius 3 is 2.85 bits per heavy atom. The smallest absolute Gasteiger partial charge is 0.225 e. The van der Waals surface area contributed by atoms with Gasteiger partial charge in [-0.2, -0.15) is 4.98 Å². The Morgan fingerprint density at radius 1 is 1.15 bits per heavy atom. The second-order valence-corrected chi connectivity index (χ2v) is 8.97. The highest BCUT2D eigenvalue weighted by Crippen LogP contribution is 2.31. The Hall–Kier alpha value is -2.98. The second kappa shape index (κ2) is 9.48. The van der Waals surface area contributed by atoms with Crippen LogP contribution >= 0.6 is 15.9 Å². The molecule has 3 aromatic heterocycles. The van der Waals surface area contributed by atoms with Gasteiger partial charge in [0.25, 0.3) is 0 Å². The molecular weight excluding hydrogens is 492 g/mol. The van der Waals surface area contributed by atoms with Gasteiger partial charge in [0.2, 0.25) is 5.95 Å². The molecule has 1 atom stereocenters. The lowest BCUT2D eigenvalue weighted by Crippen LogP contribution is -2.32. The molecule has 1 aliphatic heterocycles. The van der Waals surface area contributed by atoms with Crippen molar-refractivity contribution in [3.05, 3.63) is 64.5 Å². The van der Waals surface area contributed by atoms with Gasteiger partial charge in [0.1, 0.15) is 11.3 Å². The highest BCUT2D eigenvalue weighted by molar-refractivity contribution is 9.10.